The highest BCUT2D eigenvalue weighted by molar-refractivity contribution is 5.61. The van der Waals surface area contributed by atoms with Crippen molar-refractivity contribution in [3.8, 4) is 11.4 Å². The number of pyridine rings is 1. The summed E-state index contributed by atoms with van der Waals surface area (Å²) in [6.07, 6.45) is 4.64. The molecule has 0 aliphatic carbocycles. The second-order valence-electron chi connectivity index (χ2n) is 6.62. The first-order chi connectivity index (χ1) is 13.2. The molecule has 0 spiro atoms. The van der Waals surface area contributed by atoms with E-state index in [2.05, 4.69) is 44.6 Å². The molecule has 0 amide bonds. The summed E-state index contributed by atoms with van der Waals surface area (Å²) >= 11 is 0. The SMILES string of the molecule is CN(C)CCCNc1cc(NCc2ccncc2)nc(-c2ccccc2)n1. The molecule has 0 aliphatic rings. The Hall–Kier alpha value is -2.99. The van der Waals surface area contributed by atoms with Gasteiger partial charge in [0.1, 0.15) is 11.6 Å². The zero-order valence-corrected chi connectivity index (χ0v) is 15.9. The van der Waals surface area contributed by atoms with Crippen molar-refractivity contribution in [2.24, 2.45) is 0 Å². The lowest BCUT2D eigenvalue weighted by Crippen LogP contribution is -2.17. The van der Waals surface area contributed by atoms with Crippen LogP contribution in [0.1, 0.15) is 12.0 Å². The number of aromatic nitrogens is 3. The highest BCUT2D eigenvalue weighted by Crippen LogP contribution is 2.20. The van der Waals surface area contributed by atoms with E-state index in [0.29, 0.717) is 12.4 Å². The van der Waals surface area contributed by atoms with E-state index in [-0.39, 0.29) is 0 Å². The number of nitrogens with zero attached hydrogens (tertiary/aromatic N) is 4. The number of rotatable bonds is 9. The molecule has 3 aromatic rings. The van der Waals surface area contributed by atoms with Gasteiger partial charge in [0.15, 0.2) is 5.82 Å². The molecule has 1 aromatic carbocycles. The van der Waals surface area contributed by atoms with Crippen molar-refractivity contribution in [3.05, 3.63) is 66.5 Å². The molecule has 0 radical (unpaired) electrons. The van der Waals surface area contributed by atoms with E-state index in [0.717, 1.165) is 42.3 Å². The van der Waals surface area contributed by atoms with Crippen LogP contribution in [-0.2, 0) is 6.54 Å². The van der Waals surface area contributed by atoms with Gasteiger partial charge in [0, 0.05) is 37.1 Å². The molecule has 0 aliphatic heterocycles. The van der Waals surface area contributed by atoms with Crippen LogP contribution in [0.25, 0.3) is 11.4 Å². The first-order valence-electron chi connectivity index (χ1n) is 9.16. The van der Waals surface area contributed by atoms with Crippen molar-refractivity contribution in [3.63, 3.8) is 0 Å². The predicted octanol–water partition coefficient (Wildman–Crippen LogP) is 3.51. The fourth-order valence-corrected chi connectivity index (χ4v) is 2.65. The van der Waals surface area contributed by atoms with E-state index in [9.17, 15) is 0 Å². The molecule has 0 atom stereocenters. The van der Waals surface area contributed by atoms with Gasteiger partial charge in [-0.05, 0) is 44.8 Å². The number of nitrogens with one attached hydrogen (secondary N) is 2. The monoisotopic (exact) mass is 362 g/mol. The minimum atomic E-state index is 0.688. The van der Waals surface area contributed by atoms with Crippen molar-refractivity contribution in [2.45, 2.75) is 13.0 Å². The molecule has 6 nitrogen and oxygen atoms in total. The van der Waals surface area contributed by atoms with E-state index in [1.165, 1.54) is 0 Å². The Morgan fingerprint density at radius 2 is 1.59 bits per heavy atom. The molecule has 2 aromatic heterocycles. The highest BCUT2D eigenvalue weighted by Gasteiger charge is 2.07. The van der Waals surface area contributed by atoms with Crippen molar-refractivity contribution in [2.75, 3.05) is 37.8 Å². The van der Waals surface area contributed by atoms with E-state index in [1.54, 1.807) is 12.4 Å². The fraction of sp³-hybridized carbons (Fsp3) is 0.286. The van der Waals surface area contributed by atoms with Crippen LogP contribution in [0.3, 0.4) is 0 Å². The molecular weight excluding hydrogens is 336 g/mol. The van der Waals surface area contributed by atoms with Crippen LogP contribution in [0.2, 0.25) is 0 Å². The van der Waals surface area contributed by atoms with Gasteiger partial charge < -0.3 is 15.5 Å². The minimum absolute atomic E-state index is 0.688. The quantitative estimate of drug-likeness (QED) is 0.568. The lowest BCUT2D eigenvalue weighted by Gasteiger charge is -2.13. The van der Waals surface area contributed by atoms with Gasteiger partial charge in [-0.15, -0.1) is 0 Å². The van der Waals surface area contributed by atoms with Crippen LogP contribution < -0.4 is 10.6 Å². The third-order valence-electron chi connectivity index (χ3n) is 4.07. The van der Waals surface area contributed by atoms with Gasteiger partial charge in [0.05, 0.1) is 0 Å². The van der Waals surface area contributed by atoms with E-state index in [4.69, 9.17) is 0 Å². The van der Waals surface area contributed by atoms with Gasteiger partial charge in [-0.25, -0.2) is 9.97 Å². The Morgan fingerprint density at radius 1 is 0.889 bits per heavy atom. The van der Waals surface area contributed by atoms with E-state index in [1.807, 2.05) is 48.5 Å². The maximum atomic E-state index is 4.69. The fourth-order valence-electron chi connectivity index (χ4n) is 2.65. The summed E-state index contributed by atoms with van der Waals surface area (Å²) in [5, 5.41) is 6.81. The van der Waals surface area contributed by atoms with Crippen LogP contribution >= 0.6 is 0 Å². The molecule has 3 rings (SSSR count). The third-order valence-corrected chi connectivity index (χ3v) is 4.07. The molecule has 2 heterocycles. The van der Waals surface area contributed by atoms with Gasteiger partial charge in [-0.2, -0.15) is 0 Å². The van der Waals surface area contributed by atoms with Gasteiger partial charge in [-0.1, -0.05) is 30.3 Å². The third kappa shape index (κ3) is 6.04. The van der Waals surface area contributed by atoms with Crippen molar-refractivity contribution in [1.29, 1.82) is 0 Å². The lowest BCUT2D eigenvalue weighted by atomic mass is 10.2. The maximum absolute atomic E-state index is 4.69. The van der Waals surface area contributed by atoms with E-state index < -0.39 is 0 Å². The highest BCUT2D eigenvalue weighted by atomic mass is 15.1. The van der Waals surface area contributed by atoms with Gasteiger partial charge in [0.2, 0.25) is 0 Å². The van der Waals surface area contributed by atoms with Crippen LogP contribution in [0.15, 0.2) is 60.9 Å². The van der Waals surface area contributed by atoms with Crippen LogP contribution in [0.5, 0.6) is 0 Å². The molecule has 27 heavy (non-hydrogen) atoms. The summed E-state index contributed by atoms with van der Waals surface area (Å²) < 4.78 is 0. The van der Waals surface area contributed by atoms with Crippen LogP contribution in [0.4, 0.5) is 11.6 Å². The molecule has 0 unspecified atom stereocenters. The first kappa shape index (κ1) is 18.8. The Bertz CT molecular complexity index is 821. The topological polar surface area (TPSA) is 66.0 Å². The standard InChI is InChI=1S/C21H26N6/c1-27(2)14-6-11-23-19-15-20(24-16-17-9-12-22-13-10-17)26-21(25-19)18-7-4-3-5-8-18/h3-5,7-10,12-13,15H,6,11,14,16H2,1-2H3,(H2,23,24,25,26). The maximum Gasteiger partial charge on any atom is 0.163 e. The average Bonchev–Trinajstić information content (AvgIpc) is 2.71. The molecule has 6 heteroatoms. The minimum Gasteiger partial charge on any atom is -0.370 e. The summed E-state index contributed by atoms with van der Waals surface area (Å²) in [7, 11) is 4.17. The summed E-state index contributed by atoms with van der Waals surface area (Å²) in [4.78, 5) is 15.6. The lowest BCUT2D eigenvalue weighted by molar-refractivity contribution is 0.405. The number of hydrogen-bond donors (Lipinski definition) is 2. The molecule has 0 saturated heterocycles. The summed E-state index contributed by atoms with van der Waals surface area (Å²) in [6, 6.07) is 16.0. The second-order valence-corrected chi connectivity index (χ2v) is 6.62. The second kappa shape index (κ2) is 9.64. The molecule has 2 N–H and O–H groups in total. The van der Waals surface area contributed by atoms with E-state index >= 15 is 0 Å². The van der Waals surface area contributed by atoms with Crippen LogP contribution in [0, 0.1) is 0 Å². The van der Waals surface area contributed by atoms with Crippen molar-refractivity contribution < 1.29 is 0 Å². The van der Waals surface area contributed by atoms with Gasteiger partial charge in [0.25, 0.3) is 0 Å². The molecule has 0 saturated carbocycles. The van der Waals surface area contributed by atoms with Crippen molar-refractivity contribution in [1.82, 2.24) is 19.9 Å². The Morgan fingerprint density at radius 3 is 2.30 bits per heavy atom. The average molecular weight is 362 g/mol. The zero-order chi connectivity index (χ0) is 18.9. The Kier molecular flexibility index (Phi) is 6.71. The Balaban J connectivity index is 1.75. The smallest absolute Gasteiger partial charge is 0.163 e. The first-order valence-corrected chi connectivity index (χ1v) is 9.16. The zero-order valence-electron chi connectivity index (χ0n) is 15.9. The summed E-state index contributed by atoms with van der Waals surface area (Å²) in [6.45, 7) is 2.60. The number of hydrogen-bond acceptors (Lipinski definition) is 6. The van der Waals surface area contributed by atoms with Gasteiger partial charge >= 0.3 is 0 Å². The predicted molar refractivity (Wildman–Crippen MR) is 111 cm³/mol. The normalized spacial score (nSPS) is 10.8. The van der Waals surface area contributed by atoms with Crippen LogP contribution in [-0.4, -0.2) is 47.0 Å². The molecule has 140 valence electrons. The Labute approximate surface area is 160 Å². The van der Waals surface area contributed by atoms with Gasteiger partial charge in [-0.3, -0.25) is 4.98 Å². The summed E-state index contributed by atoms with van der Waals surface area (Å²) in [5.41, 5.74) is 2.16. The molecule has 0 fully saturated rings. The molecule has 0 bridgehead atoms. The number of benzene rings is 1. The molecular formula is C21H26N6. The van der Waals surface area contributed by atoms with Crippen molar-refractivity contribution >= 4 is 11.6 Å². The largest absolute Gasteiger partial charge is 0.370 e. The summed E-state index contributed by atoms with van der Waals surface area (Å²) in [5.74, 6) is 2.35. The number of anilines is 2.